The zero-order valence-electron chi connectivity index (χ0n) is 20.1. The third-order valence-corrected chi connectivity index (χ3v) is 9.64. The van der Waals surface area contributed by atoms with Crippen LogP contribution < -0.4 is 0 Å². The van der Waals surface area contributed by atoms with Crippen LogP contribution in [-0.4, -0.2) is 15.2 Å². The lowest BCUT2D eigenvalue weighted by molar-refractivity contribution is 0.203. The number of fused-ring (bicyclic) bond motifs is 4. The minimum atomic E-state index is -0.231. The molecular formula is C29H36N4. The molecular weight excluding hydrogens is 404 g/mol. The molecule has 6 rings (SSSR count). The van der Waals surface area contributed by atoms with Crippen molar-refractivity contribution >= 4 is 21.8 Å². The van der Waals surface area contributed by atoms with Crippen LogP contribution in [-0.2, 0) is 0 Å². The van der Waals surface area contributed by atoms with Crippen molar-refractivity contribution in [3.8, 4) is 6.07 Å². The van der Waals surface area contributed by atoms with Crippen LogP contribution in [0.2, 0.25) is 0 Å². The fraction of sp³-hybridized carbons (Fsp3) is 0.621. The highest BCUT2D eigenvalue weighted by molar-refractivity contribution is 6.06. The Labute approximate surface area is 197 Å². The van der Waals surface area contributed by atoms with Gasteiger partial charge in [0.25, 0.3) is 0 Å². The first-order valence-electron chi connectivity index (χ1n) is 13.2. The number of nitrogens with one attached hydrogen (secondary N) is 1. The van der Waals surface area contributed by atoms with Crippen molar-refractivity contribution in [3.63, 3.8) is 0 Å². The Bertz CT molecular complexity index is 1210. The van der Waals surface area contributed by atoms with Gasteiger partial charge in [0.1, 0.15) is 5.52 Å². The number of benzene rings is 1. The Balaban J connectivity index is 1.33. The van der Waals surface area contributed by atoms with Crippen molar-refractivity contribution in [2.24, 2.45) is 23.2 Å². The van der Waals surface area contributed by atoms with Crippen molar-refractivity contribution in [2.75, 3.05) is 0 Å². The molecule has 4 heteroatoms. The van der Waals surface area contributed by atoms with E-state index >= 15 is 0 Å². The number of H-pyrrole nitrogens is 1. The van der Waals surface area contributed by atoms with E-state index in [4.69, 9.17) is 4.98 Å². The topological polar surface area (TPSA) is 65.4 Å². The molecule has 0 aliphatic heterocycles. The van der Waals surface area contributed by atoms with Crippen molar-refractivity contribution in [2.45, 2.75) is 89.9 Å². The van der Waals surface area contributed by atoms with E-state index < -0.39 is 0 Å². The maximum atomic E-state index is 9.57. The van der Waals surface area contributed by atoms with Gasteiger partial charge in [-0.15, -0.1) is 0 Å². The standard InChI is InChI=1S/C29H36N4/c1-29(2,17-30)23-11-8-19(9-12-23)28-27-24-15-22(10-13-25(24)31-16-26(27)32-33-28)21-7-6-18-4-3-5-20(18)14-21/h10,13,15-16,18-21,23H,3-9,11-12,14H2,1-2H3,(H,32,33). The number of nitriles is 1. The minimum Gasteiger partial charge on any atom is -0.281 e. The first-order valence-corrected chi connectivity index (χ1v) is 13.2. The number of hydrogen-bond acceptors (Lipinski definition) is 3. The molecule has 3 saturated carbocycles. The van der Waals surface area contributed by atoms with Gasteiger partial charge >= 0.3 is 0 Å². The normalized spacial score (nSPS) is 30.4. The Morgan fingerprint density at radius 1 is 0.939 bits per heavy atom. The number of aromatic nitrogens is 3. The van der Waals surface area contributed by atoms with E-state index in [2.05, 4.69) is 48.3 Å². The lowest BCUT2D eigenvalue weighted by Crippen LogP contribution is -2.26. The van der Waals surface area contributed by atoms with Crippen molar-refractivity contribution in [1.29, 1.82) is 5.26 Å². The molecule has 0 spiro atoms. The van der Waals surface area contributed by atoms with Gasteiger partial charge in [-0.3, -0.25) is 10.1 Å². The molecule has 1 N–H and O–H groups in total. The van der Waals surface area contributed by atoms with Crippen LogP contribution in [0, 0.1) is 34.5 Å². The van der Waals surface area contributed by atoms with Gasteiger partial charge in [-0.25, -0.2) is 0 Å². The fourth-order valence-corrected chi connectivity index (χ4v) is 7.49. The van der Waals surface area contributed by atoms with Gasteiger partial charge in [0.05, 0.1) is 23.2 Å². The molecule has 0 saturated heterocycles. The van der Waals surface area contributed by atoms with E-state index in [1.54, 1.807) is 0 Å². The second-order valence-corrected chi connectivity index (χ2v) is 11.8. The van der Waals surface area contributed by atoms with E-state index in [-0.39, 0.29) is 5.41 Å². The van der Waals surface area contributed by atoms with E-state index in [0.717, 1.165) is 48.6 Å². The molecule has 1 aromatic carbocycles. The van der Waals surface area contributed by atoms with Gasteiger partial charge in [-0.05, 0) is 100 Å². The molecule has 33 heavy (non-hydrogen) atoms. The molecule has 0 bridgehead atoms. The molecule has 0 amide bonds. The van der Waals surface area contributed by atoms with Crippen LogP contribution in [0.3, 0.4) is 0 Å². The monoisotopic (exact) mass is 440 g/mol. The maximum Gasteiger partial charge on any atom is 0.111 e. The third-order valence-electron chi connectivity index (χ3n) is 9.64. The second kappa shape index (κ2) is 8.12. The smallest absolute Gasteiger partial charge is 0.111 e. The SMILES string of the molecule is CC(C)(C#N)C1CCC(c2[nH]nc3cnc4ccc(C5CCC6CCCC6C5)cc4c23)CC1. The first kappa shape index (κ1) is 21.1. The lowest BCUT2D eigenvalue weighted by Gasteiger charge is -2.34. The highest BCUT2D eigenvalue weighted by atomic mass is 15.1. The van der Waals surface area contributed by atoms with Crippen LogP contribution in [0.25, 0.3) is 21.8 Å². The quantitative estimate of drug-likeness (QED) is 0.455. The van der Waals surface area contributed by atoms with Crippen LogP contribution >= 0.6 is 0 Å². The summed E-state index contributed by atoms with van der Waals surface area (Å²) in [7, 11) is 0. The Morgan fingerprint density at radius 3 is 2.55 bits per heavy atom. The van der Waals surface area contributed by atoms with Gasteiger partial charge in [0.2, 0.25) is 0 Å². The van der Waals surface area contributed by atoms with E-state index in [9.17, 15) is 5.26 Å². The van der Waals surface area contributed by atoms with Gasteiger partial charge in [0, 0.05) is 22.4 Å². The molecule has 4 nitrogen and oxygen atoms in total. The maximum absolute atomic E-state index is 9.57. The van der Waals surface area contributed by atoms with Crippen LogP contribution in [0.1, 0.15) is 101 Å². The highest BCUT2D eigenvalue weighted by Crippen LogP contribution is 2.48. The summed E-state index contributed by atoms with van der Waals surface area (Å²) in [6, 6.07) is 9.58. The summed E-state index contributed by atoms with van der Waals surface area (Å²) in [5.41, 5.74) is 4.65. The predicted molar refractivity (Wildman–Crippen MR) is 133 cm³/mol. The second-order valence-electron chi connectivity index (χ2n) is 11.8. The van der Waals surface area contributed by atoms with Gasteiger partial charge in [-0.1, -0.05) is 25.3 Å². The van der Waals surface area contributed by atoms with Crippen molar-refractivity contribution in [1.82, 2.24) is 15.2 Å². The number of nitrogens with zero attached hydrogens (tertiary/aromatic N) is 3. The predicted octanol–water partition coefficient (Wildman–Crippen LogP) is 7.62. The summed E-state index contributed by atoms with van der Waals surface area (Å²) in [5.74, 6) is 3.62. The molecule has 3 aliphatic rings. The van der Waals surface area contributed by atoms with Crippen molar-refractivity contribution in [3.05, 3.63) is 35.7 Å². The Hall–Kier alpha value is -2.41. The van der Waals surface area contributed by atoms with Gasteiger partial charge < -0.3 is 0 Å². The number of aromatic amines is 1. The third kappa shape index (κ3) is 3.65. The Morgan fingerprint density at radius 2 is 1.73 bits per heavy atom. The average Bonchev–Trinajstić information content (AvgIpc) is 3.50. The van der Waals surface area contributed by atoms with E-state index in [0.29, 0.717) is 17.8 Å². The lowest BCUT2D eigenvalue weighted by atomic mass is 9.69. The molecule has 172 valence electrons. The molecule has 3 atom stereocenters. The number of pyridine rings is 1. The zero-order valence-corrected chi connectivity index (χ0v) is 20.1. The molecule has 3 unspecified atom stereocenters. The molecule has 3 aliphatic carbocycles. The fourth-order valence-electron chi connectivity index (χ4n) is 7.49. The molecule has 2 heterocycles. The Kier molecular flexibility index (Phi) is 5.20. The molecule has 0 radical (unpaired) electrons. The average molecular weight is 441 g/mol. The minimum absolute atomic E-state index is 0.231. The van der Waals surface area contributed by atoms with Crippen LogP contribution in [0.4, 0.5) is 0 Å². The van der Waals surface area contributed by atoms with E-state index in [1.165, 1.54) is 60.6 Å². The molecule has 3 fully saturated rings. The van der Waals surface area contributed by atoms with Crippen LogP contribution in [0.5, 0.6) is 0 Å². The summed E-state index contributed by atoms with van der Waals surface area (Å²) in [6.45, 7) is 4.20. The summed E-state index contributed by atoms with van der Waals surface area (Å²) in [6.07, 6.45) is 14.9. The molecule has 2 aromatic heterocycles. The van der Waals surface area contributed by atoms with Gasteiger partial charge in [-0.2, -0.15) is 10.4 Å². The molecule has 3 aromatic rings. The zero-order chi connectivity index (χ0) is 22.6. The van der Waals surface area contributed by atoms with Crippen LogP contribution in [0.15, 0.2) is 24.4 Å². The first-order chi connectivity index (χ1) is 16.0. The number of hydrogen-bond donors (Lipinski definition) is 1. The number of rotatable bonds is 3. The van der Waals surface area contributed by atoms with E-state index in [1.807, 2.05) is 6.20 Å². The largest absolute Gasteiger partial charge is 0.281 e. The summed E-state index contributed by atoms with van der Waals surface area (Å²) in [5, 5.41) is 20.2. The highest BCUT2D eigenvalue weighted by Gasteiger charge is 2.36. The summed E-state index contributed by atoms with van der Waals surface area (Å²) >= 11 is 0. The van der Waals surface area contributed by atoms with Gasteiger partial charge in [0.15, 0.2) is 0 Å². The summed E-state index contributed by atoms with van der Waals surface area (Å²) < 4.78 is 0. The van der Waals surface area contributed by atoms with Crippen molar-refractivity contribution < 1.29 is 0 Å². The summed E-state index contributed by atoms with van der Waals surface area (Å²) in [4.78, 5) is 4.74.